The summed E-state index contributed by atoms with van der Waals surface area (Å²) in [6, 6.07) is 15.6. The predicted molar refractivity (Wildman–Crippen MR) is 112 cm³/mol. The number of carbonyl (C=O) groups excluding carboxylic acids is 1. The van der Waals surface area contributed by atoms with E-state index in [4.69, 9.17) is 21.7 Å². The number of hydrogen-bond acceptors (Lipinski definition) is 5. The number of methoxy groups -OCH3 is 1. The van der Waals surface area contributed by atoms with E-state index < -0.39 is 0 Å². The van der Waals surface area contributed by atoms with Crippen LogP contribution in [0.5, 0.6) is 11.5 Å². The summed E-state index contributed by atoms with van der Waals surface area (Å²) in [7, 11) is 1.62. The lowest BCUT2D eigenvalue weighted by Crippen LogP contribution is -2.27. The fourth-order valence-corrected chi connectivity index (χ4v) is 4.28. The molecule has 1 fully saturated rings. The van der Waals surface area contributed by atoms with Crippen LogP contribution in [0, 0.1) is 0 Å². The molecule has 0 saturated carbocycles. The summed E-state index contributed by atoms with van der Waals surface area (Å²) in [6.45, 7) is 0.870. The first-order valence-electron chi connectivity index (χ1n) is 8.45. The van der Waals surface area contributed by atoms with Gasteiger partial charge in [-0.15, -0.1) is 0 Å². The number of thiocarbonyl (C=S) groups is 1. The molecule has 2 aliphatic rings. The van der Waals surface area contributed by atoms with E-state index in [9.17, 15) is 4.79 Å². The molecule has 1 amide bonds. The van der Waals surface area contributed by atoms with Gasteiger partial charge in [-0.2, -0.15) is 0 Å². The average Bonchev–Trinajstić information content (AvgIpc) is 2.95. The number of fused-ring (bicyclic) bond motifs is 1. The van der Waals surface area contributed by atoms with Gasteiger partial charge in [0.1, 0.15) is 10.9 Å². The molecule has 0 N–H and O–H groups in total. The fourth-order valence-electron chi connectivity index (χ4n) is 3.01. The summed E-state index contributed by atoms with van der Waals surface area (Å²) in [6.07, 6.45) is 3.89. The van der Waals surface area contributed by atoms with Gasteiger partial charge in [-0.25, -0.2) is 0 Å². The number of hydrogen-bond donors (Lipinski definition) is 0. The minimum atomic E-state index is -0.0637. The van der Waals surface area contributed by atoms with Crippen molar-refractivity contribution in [2.24, 2.45) is 0 Å². The molecule has 0 aromatic heterocycles. The average molecular weight is 396 g/mol. The van der Waals surface area contributed by atoms with E-state index >= 15 is 0 Å². The second kappa shape index (κ2) is 7.58. The lowest BCUT2D eigenvalue weighted by molar-refractivity contribution is -0.122. The first-order valence-corrected chi connectivity index (χ1v) is 9.68. The van der Waals surface area contributed by atoms with Crippen LogP contribution in [0.4, 0.5) is 0 Å². The minimum absolute atomic E-state index is 0.0637. The van der Waals surface area contributed by atoms with Crippen LogP contribution in [-0.2, 0) is 11.3 Å². The summed E-state index contributed by atoms with van der Waals surface area (Å²) in [5.41, 5.74) is 2.92. The SMILES string of the molecule is COc1cccc2c1OCC(C=C1SC(=S)N(Cc3ccccc3)C1=O)=C2. The van der Waals surface area contributed by atoms with Gasteiger partial charge in [0.05, 0.1) is 18.6 Å². The van der Waals surface area contributed by atoms with Crippen molar-refractivity contribution in [1.29, 1.82) is 0 Å². The number of thioether (sulfide) groups is 1. The quantitative estimate of drug-likeness (QED) is 0.566. The molecular weight excluding hydrogens is 378 g/mol. The van der Waals surface area contributed by atoms with Gasteiger partial charge in [-0.1, -0.05) is 66.4 Å². The molecule has 2 aliphatic heterocycles. The highest BCUT2D eigenvalue weighted by Crippen LogP contribution is 2.38. The summed E-state index contributed by atoms with van der Waals surface area (Å²) >= 11 is 6.75. The topological polar surface area (TPSA) is 38.8 Å². The van der Waals surface area contributed by atoms with E-state index in [1.54, 1.807) is 12.0 Å². The van der Waals surface area contributed by atoms with E-state index in [1.807, 2.05) is 60.7 Å². The van der Waals surface area contributed by atoms with Crippen molar-refractivity contribution >= 4 is 40.3 Å². The van der Waals surface area contributed by atoms with Crippen LogP contribution < -0.4 is 9.47 Å². The number of amides is 1. The monoisotopic (exact) mass is 395 g/mol. The van der Waals surface area contributed by atoms with E-state index in [2.05, 4.69) is 0 Å². The molecule has 27 heavy (non-hydrogen) atoms. The van der Waals surface area contributed by atoms with Gasteiger partial charge in [0.15, 0.2) is 11.5 Å². The number of ether oxygens (including phenoxy) is 2. The van der Waals surface area contributed by atoms with Crippen LogP contribution in [0.25, 0.3) is 6.08 Å². The van der Waals surface area contributed by atoms with Crippen LogP contribution in [0.15, 0.2) is 65.1 Å². The van der Waals surface area contributed by atoms with Crippen molar-refractivity contribution < 1.29 is 14.3 Å². The lowest BCUT2D eigenvalue weighted by Gasteiger charge is -2.18. The Bertz CT molecular complexity index is 967. The molecule has 4 nitrogen and oxygen atoms in total. The van der Waals surface area contributed by atoms with E-state index in [0.29, 0.717) is 28.1 Å². The van der Waals surface area contributed by atoms with Crippen molar-refractivity contribution in [3.8, 4) is 11.5 Å². The number of rotatable bonds is 4. The van der Waals surface area contributed by atoms with Crippen molar-refractivity contribution in [3.63, 3.8) is 0 Å². The molecule has 0 aliphatic carbocycles. The fraction of sp³-hybridized carbons (Fsp3) is 0.143. The van der Waals surface area contributed by atoms with Gasteiger partial charge in [0, 0.05) is 5.56 Å². The second-order valence-corrected chi connectivity index (χ2v) is 7.82. The minimum Gasteiger partial charge on any atom is -0.493 e. The molecule has 0 atom stereocenters. The highest BCUT2D eigenvalue weighted by Gasteiger charge is 2.32. The zero-order chi connectivity index (χ0) is 18.8. The Morgan fingerprint density at radius 3 is 2.81 bits per heavy atom. The zero-order valence-electron chi connectivity index (χ0n) is 14.7. The summed E-state index contributed by atoms with van der Waals surface area (Å²) in [4.78, 5) is 15.1. The van der Waals surface area contributed by atoms with Gasteiger partial charge < -0.3 is 9.47 Å². The van der Waals surface area contributed by atoms with Crippen LogP contribution in [0.1, 0.15) is 11.1 Å². The smallest absolute Gasteiger partial charge is 0.266 e. The van der Waals surface area contributed by atoms with Gasteiger partial charge >= 0.3 is 0 Å². The van der Waals surface area contributed by atoms with Gasteiger partial charge in [-0.3, -0.25) is 9.69 Å². The Hall–Kier alpha value is -2.57. The maximum absolute atomic E-state index is 12.8. The first kappa shape index (κ1) is 17.8. The third kappa shape index (κ3) is 3.63. The number of benzene rings is 2. The van der Waals surface area contributed by atoms with Crippen molar-refractivity contribution in [2.45, 2.75) is 6.54 Å². The molecular formula is C21H17NO3S2. The molecule has 2 aromatic carbocycles. The van der Waals surface area contributed by atoms with Crippen LogP contribution in [0.3, 0.4) is 0 Å². The Morgan fingerprint density at radius 1 is 1.22 bits per heavy atom. The lowest BCUT2D eigenvalue weighted by atomic mass is 10.1. The van der Waals surface area contributed by atoms with Crippen molar-refractivity contribution in [1.82, 2.24) is 4.90 Å². The molecule has 1 saturated heterocycles. The Kier molecular flexibility index (Phi) is 5.01. The molecule has 0 bridgehead atoms. The number of para-hydroxylation sites is 1. The van der Waals surface area contributed by atoms with E-state index in [1.165, 1.54) is 11.8 Å². The van der Waals surface area contributed by atoms with E-state index in [-0.39, 0.29) is 5.91 Å². The number of nitrogens with zero attached hydrogens (tertiary/aromatic N) is 1. The summed E-state index contributed by atoms with van der Waals surface area (Å²) < 4.78 is 11.8. The summed E-state index contributed by atoms with van der Waals surface area (Å²) in [5, 5.41) is 0. The van der Waals surface area contributed by atoms with E-state index in [0.717, 1.165) is 22.4 Å². The van der Waals surface area contributed by atoms with Gasteiger partial charge in [0.25, 0.3) is 5.91 Å². The predicted octanol–water partition coefficient (Wildman–Crippen LogP) is 4.42. The molecule has 2 aromatic rings. The Labute approximate surface area is 167 Å². The number of carbonyl (C=O) groups is 1. The molecule has 0 radical (unpaired) electrons. The van der Waals surface area contributed by atoms with Crippen LogP contribution in [-0.4, -0.2) is 28.8 Å². The molecule has 0 spiro atoms. The Morgan fingerprint density at radius 2 is 2.04 bits per heavy atom. The first-order chi connectivity index (χ1) is 13.2. The van der Waals surface area contributed by atoms with Crippen LogP contribution >= 0.6 is 24.0 Å². The highest BCUT2D eigenvalue weighted by molar-refractivity contribution is 8.26. The third-order valence-electron chi connectivity index (χ3n) is 4.33. The molecule has 4 rings (SSSR count). The third-order valence-corrected chi connectivity index (χ3v) is 5.70. The highest BCUT2D eigenvalue weighted by atomic mass is 32.2. The van der Waals surface area contributed by atoms with Crippen molar-refractivity contribution in [3.05, 3.63) is 76.2 Å². The van der Waals surface area contributed by atoms with Gasteiger partial charge in [0.2, 0.25) is 0 Å². The molecule has 136 valence electrons. The molecule has 0 unspecified atom stereocenters. The molecule has 6 heteroatoms. The maximum atomic E-state index is 12.8. The van der Waals surface area contributed by atoms with Crippen LogP contribution in [0.2, 0.25) is 0 Å². The summed E-state index contributed by atoms with van der Waals surface area (Å²) in [5.74, 6) is 1.37. The second-order valence-electron chi connectivity index (χ2n) is 6.14. The normalized spacial score (nSPS) is 17.6. The standard InChI is InChI=1S/C21H17NO3S2/c1-24-17-9-5-8-16-10-15(13-25-19(16)17)11-18-20(23)22(21(26)27-18)12-14-6-3-2-4-7-14/h2-11H,12-13H2,1H3. The zero-order valence-corrected chi connectivity index (χ0v) is 16.3. The van der Waals surface area contributed by atoms with Crippen molar-refractivity contribution in [2.75, 3.05) is 13.7 Å². The maximum Gasteiger partial charge on any atom is 0.266 e. The molecule has 2 heterocycles. The Balaban J connectivity index is 1.57. The van der Waals surface area contributed by atoms with Gasteiger partial charge in [-0.05, 0) is 29.4 Å². The largest absolute Gasteiger partial charge is 0.493 e.